The number of hydrogen-bond donors (Lipinski definition) is 2. The number of carbonyl (C=O) groups excluding carboxylic acids is 1. The lowest BCUT2D eigenvalue weighted by molar-refractivity contribution is 0.0906. The molecule has 5 nitrogen and oxygen atoms in total. The summed E-state index contributed by atoms with van der Waals surface area (Å²) in [7, 11) is 3.34. The van der Waals surface area contributed by atoms with Gasteiger partial charge < -0.3 is 15.4 Å². The third-order valence-electron chi connectivity index (χ3n) is 2.08. The van der Waals surface area contributed by atoms with Crippen LogP contribution in [0.3, 0.4) is 0 Å². The molecule has 0 aromatic carbocycles. The van der Waals surface area contributed by atoms with E-state index in [9.17, 15) is 4.79 Å². The summed E-state index contributed by atoms with van der Waals surface area (Å²) < 4.78 is 4.95. The first-order chi connectivity index (χ1) is 7.69. The van der Waals surface area contributed by atoms with Crippen LogP contribution < -0.4 is 10.6 Å². The molecule has 0 spiro atoms. The van der Waals surface area contributed by atoms with Crippen LogP contribution in [0.4, 0.5) is 5.82 Å². The molecule has 0 aliphatic rings. The zero-order valence-corrected chi connectivity index (χ0v) is 9.78. The number of pyridine rings is 1. The highest BCUT2D eigenvalue weighted by molar-refractivity contribution is 5.98. The van der Waals surface area contributed by atoms with Crippen molar-refractivity contribution in [1.29, 1.82) is 0 Å². The number of ether oxygens (including phenoxy) is 1. The molecule has 0 saturated heterocycles. The van der Waals surface area contributed by atoms with Crippen LogP contribution in [0.1, 0.15) is 17.3 Å². The van der Waals surface area contributed by atoms with Gasteiger partial charge in [-0.2, -0.15) is 0 Å². The zero-order chi connectivity index (χ0) is 12.0. The van der Waals surface area contributed by atoms with Crippen molar-refractivity contribution in [3.05, 3.63) is 23.9 Å². The fraction of sp³-hybridized carbons (Fsp3) is 0.455. The van der Waals surface area contributed by atoms with Crippen molar-refractivity contribution in [2.75, 3.05) is 26.1 Å². The molecule has 2 N–H and O–H groups in total. The molecular formula is C11H17N3O2. The van der Waals surface area contributed by atoms with Crippen molar-refractivity contribution in [3.63, 3.8) is 0 Å². The van der Waals surface area contributed by atoms with Gasteiger partial charge in [0.05, 0.1) is 12.2 Å². The minimum absolute atomic E-state index is 0.0255. The number of methoxy groups -OCH3 is 1. The number of hydrogen-bond acceptors (Lipinski definition) is 4. The van der Waals surface area contributed by atoms with E-state index >= 15 is 0 Å². The normalized spacial score (nSPS) is 11.9. The van der Waals surface area contributed by atoms with Crippen LogP contribution in [-0.2, 0) is 4.74 Å². The Morgan fingerprint density at radius 3 is 3.00 bits per heavy atom. The van der Waals surface area contributed by atoms with Gasteiger partial charge in [-0.15, -0.1) is 0 Å². The lowest BCUT2D eigenvalue weighted by Gasteiger charge is -2.14. The number of amides is 1. The van der Waals surface area contributed by atoms with Crippen molar-refractivity contribution < 1.29 is 9.53 Å². The molecule has 16 heavy (non-hydrogen) atoms. The molecule has 1 unspecified atom stereocenters. The van der Waals surface area contributed by atoms with Crippen molar-refractivity contribution in [3.8, 4) is 0 Å². The predicted molar refractivity (Wildman–Crippen MR) is 62.6 cm³/mol. The number of carbonyl (C=O) groups is 1. The highest BCUT2D eigenvalue weighted by Gasteiger charge is 2.13. The molecule has 1 atom stereocenters. The Kier molecular flexibility index (Phi) is 4.72. The van der Waals surface area contributed by atoms with Crippen LogP contribution in [0.25, 0.3) is 0 Å². The summed E-state index contributed by atoms with van der Waals surface area (Å²) >= 11 is 0. The Balaban J connectivity index is 2.72. The van der Waals surface area contributed by atoms with E-state index in [2.05, 4.69) is 15.6 Å². The molecule has 1 heterocycles. The molecule has 88 valence electrons. The van der Waals surface area contributed by atoms with Crippen molar-refractivity contribution >= 4 is 11.7 Å². The van der Waals surface area contributed by atoms with Gasteiger partial charge >= 0.3 is 0 Å². The largest absolute Gasteiger partial charge is 0.383 e. The molecular weight excluding hydrogens is 206 g/mol. The van der Waals surface area contributed by atoms with Gasteiger partial charge in [0.2, 0.25) is 0 Å². The lowest BCUT2D eigenvalue weighted by Crippen LogP contribution is -2.36. The van der Waals surface area contributed by atoms with Gasteiger partial charge in [-0.25, -0.2) is 4.98 Å². The summed E-state index contributed by atoms with van der Waals surface area (Å²) in [5, 5.41) is 5.71. The molecule has 1 aromatic heterocycles. The SMILES string of the molecule is CNc1ncccc1C(=O)NC(C)COC. The van der Waals surface area contributed by atoms with E-state index in [1.165, 1.54) is 0 Å². The maximum absolute atomic E-state index is 11.9. The van der Waals surface area contributed by atoms with Crippen LogP contribution in [-0.4, -0.2) is 37.7 Å². The van der Waals surface area contributed by atoms with Gasteiger partial charge in [0, 0.05) is 26.4 Å². The monoisotopic (exact) mass is 223 g/mol. The molecule has 1 amide bonds. The number of anilines is 1. The fourth-order valence-corrected chi connectivity index (χ4v) is 1.38. The van der Waals surface area contributed by atoms with E-state index in [4.69, 9.17) is 4.74 Å². The average molecular weight is 223 g/mol. The van der Waals surface area contributed by atoms with Gasteiger partial charge in [-0.1, -0.05) is 0 Å². The summed E-state index contributed by atoms with van der Waals surface area (Å²) in [6, 6.07) is 3.44. The third-order valence-corrected chi connectivity index (χ3v) is 2.08. The molecule has 5 heteroatoms. The van der Waals surface area contributed by atoms with Crippen molar-refractivity contribution in [2.24, 2.45) is 0 Å². The Hall–Kier alpha value is -1.62. The Labute approximate surface area is 95.2 Å². The van der Waals surface area contributed by atoms with Crippen LogP contribution in [0.5, 0.6) is 0 Å². The molecule has 0 fully saturated rings. The summed E-state index contributed by atoms with van der Waals surface area (Å²) in [6.07, 6.45) is 1.64. The van der Waals surface area contributed by atoms with E-state index in [0.29, 0.717) is 18.0 Å². The van der Waals surface area contributed by atoms with Gasteiger partial charge in [0.1, 0.15) is 5.82 Å². The Morgan fingerprint density at radius 1 is 1.62 bits per heavy atom. The summed E-state index contributed by atoms with van der Waals surface area (Å²) in [4.78, 5) is 15.9. The molecule has 0 aliphatic heterocycles. The van der Waals surface area contributed by atoms with Gasteiger partial charge in [0.25, 0.3) is 5.91 Å². The Bertz CT molecular complexity index is 355. The second kappa shape index (κ2) is 6.07. The standard InChI is InChI=1S/C11H17N3O2/c1-8(7-16-3)14-11(15)9-5-4-6-13-10(9)12-2/h4-6,8H,7H2,1-3H3,(H,12,13)(H,14,15). The van der Waals surface area contributed by atoms with E-state index in [0.717, 1.165) is 0 Å². The third kappa shape index (κ3) is 3.20. The lowest BCUT2D eigenvalue weighted by atomic mass is 10.2. The molecule has 0 bridgehead atoms. The molecule has 1 rings (SSSR count). The summed E-state index contributed by atoms with van der Waals surface area (Å²) in [5.41, 5.74) is 0.535. The first-order valence-corrected chi connectivity index (χ1v) is 5.11. The quantitative estimate of drug-likeness (QED) is 0.778. The minimum atomic E-state index is -0.151. The highest BCUT2D eigenvalue weighted by atomic mass is 16.5. The second-order valence-electron chi connectivity index (χ2n) is 3.48. The van der Waals surface area contributed by atoms with Crippen molar-refractivity contribution in [2.45, 2.75) is 13.0 Å². The van der Waals surface area contributed by atoms with Gasteiger partial charge in [0.15, 0.2) is 0 Å². The number of rotatable bonds is 5. The number of aromatic nitrogens is 1. The summed E-state index contributed by atoms with van der Waals surface area (Å²) in [5.74, 6) is 0.423. The Morgan fingerprint density at radius 2 is 2.38 bits per heavy atom. The minimum Gasteiger partial charge on any atom is -0.383 e. The van der Waals surface area contributed by atoms with Crippen LogP contribution in [0, 0.1) is 0 Å². The average Bonchev–Trinajstić information content (AvgIpc) is 2.29. The predicted octanol–water partition coefficient (Wildman–Crippen LogP) is 0.888. The van der Waals surface area contributed by atoms with E-state index < -0.39 is 0 Å². The maximum Gasteiger partial charge on any atom is 0.255 e. The number of nitrogens with zero attached hydrogens (tertiary/aromatic N) is 1. The molecule has 0 aliphatic carbocycles. The first-order valence-electron chi connectivity index (χ1n) is 5.11. The topological polar surface area (TPSA) is 63.2 Å². The molecule has 0 radical (unpaired) electrons. The van der Waals surface area contributed by atoms with Crippen LogP contribution in [0.2, 0.25) is 0 Å². The molecule has 0 saturated carbocycles. The summed E-state index contributed by atoms with van der Waals surface area (Å²) in [6.45, 7) is 2.37. The smallest absolute Gasteiger partial charge is 0.255 e. The van der Waals surface area contributed by atoms with E-state index in [-0.39, 0.29) is 11.9 Å². The highest BCUT2D eigenvalue weighted by Crippen LogP contribution is 2.10. The van der Waals surface area contributed by atoms with Gasteiger partial charge in [-0.05, 0) is 19.1 Å². The first kappa shape index (κ1) is 12.4. The maximum atomic E-state index is 11.9. The van der Waals surface area contributed by atoms with Crippen LogP contribution in [0.15, 0.2) is 18.3 Å². The van der Waals surface area contributed by atoms with Crippen LogP contribution >= 0.6 is 0 Å². The second-order valence-corrected chi connectivity index (χ2v) is 3.48. The van der Waals surface area contributed by atoms with Crippen molar-refractivity contribution in [1.82, 2.24) is 10.3 Å². The molecule has 1 aromatic rings. The van der Waals surface area contributed by atoms with E-state index in [1.807, 2.05) is 6.92 Å². The van der Waals surface area contributed by atoms with Gasteiger partial charge in [-0.3, -0.25) is 4.79 Å². The van der Waals surface area contributed by atoms with E-state index in [1.54, 1.807) is 32.5 Å². The zero-order valence-electron chi connectivity index (χ0n) is 9.78. The number of nitrogens with one attached hydrogen (secondary N) is 2. The fourth-order valence-electron chi connectivity index (χ4n) is 1.38.